The predicted molar refractivity (Wildman–Crippen MR) is 49.0 cm³/mol. The van der Waals surface area contributed by atoms with Crippen LogP contribution in [0.25, 0.3) is 0 Å². The minimum Gasteiger partial charge on any atom is -0.508 e. The molecule has 0 radical (unpaired) electrons. The van der Waals surface area contributed by atoms with Gasteiger partial charge in [0.15, 0.2) is 0 Å². The highest BCUT2D eigenvalue weighted by Gasteiger charge is 2.50. The number of phenolic OH excluding ortho intramolecular Hbond substituents is 1. The first kappa shape index (κ1) is 10.2. The fourth-order valence-corrected chi connectivity index (χ4v) is 2.07. The van der Waals surface area contributed by atoms with Crippen molar-refractivity contribution in [3.63, 3.8) is 0 Å². The normalized spacial score (nSPS) is 24.7. The fraction of sp³-hybridized carbons (Fsp3) is 0.250. The molecule has 7 heteroatoms. The second kappa shape index (κ2) is 2.84. The average molecular weight is 232 g/mol. The van der Waals surface area contributed by atoms with Gasteiger partial charge in [-0.2, -0.15) is 8.42 Å². The van der Waals surface area contributed by atoms with Crippen LogP contribution in [0.5, 0.6) is 11.5 Å². The van der Waals surface area contributed by atoms with Crippen molar-refractivity contribution >= 4 is 10.1 Å². The molecule has 0 fully saturated rings. The van der Waals surface area contributed by atoms with Crippen LogP contribution in [-0.2, 0) is 15.1 Å². The fourth-order valence-electron chi connectivity index (χ4n) is 1.42. The van der Waals surface area contributed by atoms with E-state index in [1.807, 2.05) is 0 Å². The summed E-state index contributed by atoms with van der Waals surface area (Å²) >= 11 is 0. The highest BCUT2D eigenvalue weighted by molar-refractivity contribution is 7.86. The van der Waals surface area contributed by atoms with Gasteiger partial charge in [0.25, 0.3) is 4.93 Å². The van der Waals surface area contributed by atoms with Crippen LogP contribution in [0.3, 0.4) is 0 Å². The van der Waals surface area contributed by atoms with E-state index in [9.17, 15) is 13.5 Å². The first-order chi connectivity index (χ1) is 6.84. The van der Waals surface area contributed by atoms with E-state index in [2.05, 4.69) is 0 Å². The van der Waals surface area contributed by atoms with E-state index < -0.39 is 21.7 Å². The third-order valence-electron chi connectivity index (χ3n) is 2.24. The lowest BCUT2D eigenvalue weighted by molar-refractivity contribution is 0.0850. The van der Waals surface area contributed by atoms with Crippen LogP contribution < -0.4 is 4.74 Å². The summed E-state index contributed by atoms with van der Waals surface area (Å²) in [7, 11) is -4.68. The Labute approximate surface area is 85.5 Å². The van der Waals surface area contributed by atoms with Crippen molar-refractivity contribution in [1.82, 2.24) is 0 Å². The standard InChI is InChI=1S/C8H8O6S/c9-5-1-2-6-7(3-5)14-4-8(6,10)15(11,12)13/h1-3,9-10H,4H2,(H,11,12,13). The SMILES string of the molecule is O=S(=O)(O)C1(O)COc2cc(O)ccc21. The van der Waals surface area contributed by atoms with E-state index in [0.717, 1.165) is 0 Å². The van der Waals surface area contributed by atoms with Gasteiger partial charge in [0.05, 0.1) is 0 Å². The van der Waals surface area contributed by atoms with Crippen LogP contribution in [-0.4, -0.2) is 29.8 Å². The summed E-state index contributed by atoms with van der Waals surface area (Å²) in [6, 6.07) is 3.55. The van der Waals surface area contributed by atoms with Crippen molar-refractivity contribution < 1.29 is 27.9 Å². The first-order valence-corrected chi connectivity index (χ1v) is 5.44. The molecular formula is C8H8O6S. The molecule has 0 saturated carbocycles. The Bertz CT molecular complexity index is 508. The van der Waals surface area contributed by atoms with Gasteiger partial charge in [0.1, 0.15) is 18.1 Å². The maximum Gasteiger partial charge on any atom is 0.303 e. The molecule has 6 nitrogen and oxygen atoms in total. The number of phenols is 1. The van der Waals surface area contributed by atoms with E-state index >= 15 is 0 Å². The Morgan fingerprint density at radius 3 is 2.67 bits per heavy atom. The Morgan fingerprint density at radius 2 is 2.07 bits per heavy atom. The smallest absolute Gasteiger partial charge is 0.303 e. The molecule has 0 bridgehead atoms. The third kappa shape index (κ3) is 1.36. The first-order valence-electron chi connectivity index (χ1n) is 4.00. The minimum absolute atomic E-state index is 0.0372. The lowest BCUT2D eigenvalue weighted by Crippen LogP contribution is -2.36. The molecule has 1 atom stereocenters. The zero-order chi connectivity index (χ0) is 11.3. The van der Waals surface area contributed by atoms with Crippen LogP contribution in [0.15, 0.2) is 18.2 Å². The molecule has 0 spiro atoms. The minimum atomic E-state index is -4.68. The quantitative estimate of drug-likeness (QED) is 0.580. The van der Waals surface area contributed by atoms with Crippen molar-refractivity contribution in [2.45, 2.75) is 4.93 Å². The molecule has 0 amide bonds. The maximum absolute atomic E-state index is 11.0. The highest BCUT2D eigenvalue weighted by atomic mass is 32.2. The summed E-state index contributed by atoms with van der Waals surface area (Å²) < 4.78 is 35.7. The summed E-state index contributed by atoms with van der Waals surface area (Å²) in [6.07, 6.45) is 0. The average Bonchev–Trinajstić information content (AvgIpc) is 2.43. The number of hydrogen-bond donors (Lipinski definition) is 3. The van der Waals surface area contributed by atoms with Crippen molar-refractivity contribution in [1.29, 1.82) is 0 Å². The molecule has 1 aliphatic rings. The van der Waals surface area contributed by atoms with E-state index in [0.29, 0.717) is 0 Å². The topological polar surface area (TPSA) is 104 Å². The molecule has 0 saturated heterocycles. The van der Waals surface area contributed by atoms with Gasteiger partial charge in [-0.1, -0.05) is 0 Å². The number of rotatable bonds is 1. The van der Waals surface area contributed by atoms with Crippen LogP contribution in [0.1, 0.15) is 5.56 Å². The molecule has 82 valence electrons. The van der Waals surface area contributed by atoms with Crippen molar-refractivity contribution in [3.8, 4) is 11.5 Å². The van der Waals surface area contributed by atoms with E-state index in [4.69, 9.17) is 14.4 Å². The molecule has 2 rings (SSSR count). The van der Waals surface area contributed by atoms with Crippen LogP contribution in [0.4, 0.5) is 0 Å². The molecule has 1 heterocycles. The number of hydrogen-bond acceptors (Lipinski definition) is 5. The Morgan fingerprint density at radius 1 is 1.40 bits per heavy atom. The summed E-state index contributed by atoms with van der Waals surface area (Å²) in [5.74, 6) is -0.0801. The van der Waals surface area contributed by atoms with Crippen molar-refractivity contribution in [2.24, 2.45) is 0 Å². The zero-order valence-corrected chi connectivity index (χ0v) is 8.23. The lowest BCUT2D eigenvalue weighted by atomic mass is 10.1. The maximum atomic E-state index is 11.0. The summed E-state index contributed by atoms with van der Waals surface area (Å²) in [6.45, 7) is -0.593. The number of fused-ring (bicyclic) bond motifs is 1. The number of ether oxygens (including phenoxy) is 1. The summed E-state index contributed by atoms with van der Waals surface area (Å²) in [5, 5.41) is 18.8. The van der Waals surface area contributed by atoms with Crippen LogP contribution >= 0.6 is 0 Å². The lowest BCUT2D eigenvalue weighted by Gasteiger charge is -2.16. The Hall–Kier alpha value is -1.31. The van der Waals surface area contributed by atoms with Gasteiger partial charge in [-0.25, -0.2) is 0 Å². The highest BCUT2D eigenvalue weighted by Crippen LogP contribution is 2.41. The van der Waals surface area contributed by atoms with Gasteiger partial charge in [0, 0.05) is 11.6 Å². The Kier molecular flexibility index (Phi) is 1.94. The summed E-state index contributed by atoms with van der Waals surface area (Å²) in [5.41, 5.74) is -0.0807. The Balaban J connectivity index is 2.64. The van der Waals surface area contributed by atoms with Gasteiger partial charge in [-0.15, -0.1) is 0 Å². The van der Waals surface area contributed by atoms with E-state index in [1.54, 1.807) is 0 Å². The molecule has 15 heavy (non-hydrogen) atoms. The second-order valence-electron chi connectivity index (χ2n) is 3.23. The largest absolute Gasteiger partial charge is 0.508 e. The molecule has 1 aromatic rings. The zero-order valence-electron chi connectivity index (χ0n) is 7.41. The molecule has 0 aliphatic carbocycles. The van der Waals surface area contributed by atoms with Gasteiger partial charge in [-0.3, -0.25) is 4.55 Å². The third-order valence-corrected chi connectivity index (χ3v) is 3.43. The second-order valence-corrected chi connectivity index (χ2v) is 4.85. The number of benzene rings is 1. The van der Waals surface area contributed by atoms with Gasteiger partial charge >= 0.3 is 10.1 Å². The van der Waals surface area contributed by atoms with E-state index in [1.165, 1.54) is 18.2 Å². The van der Waals surface area contributed by atoms with Gasteiger partial charge in [0.2, 0.25) is 0 Å². The molecule has 1 aliphatic heterocycles. The molecule has 0 aromatic heterocycles. The van der Waals surface area contributed by atoms with E-state index in [-0.39, 0.29) is 17.1 Å². The number of aliphatic hydroxyl groups is 1. The van der Waals surface area contributed by atoms with Gasteiger partial charge in [-0.05, 0) is 12.1 Å². The van der Waals surface area contributed by atoms with Crippen LogP contribution in [0, 0.1) is 0 Å². The molecular weight excluding hydrogens is 224 g/mol. The number of aromatic hydroxyl groups is 1. The van der Waals surface area contributed by atoms with Crippen molar-refractivity contribution in [3.05, 3.63) is 23.8 Å². The monoisotopic (exact) mass is 232 g/mol. The van der Waals surface area contributed by atoms with Gasteiger partial charge < -0.3 is 14.9 Å². The summed E-state index contributed by atoms with van der Waals surface area (Å²) in [4.78, 5) is -2.45. The predicted octanol–water partition coefficient (Wildman–Crippen LogP) is -0.182. The molecule has 3 N–H and O–H groups in total. The van der Waals surface area contributed by atoms with Crippen LogP contribution in [0.2, 0.25) is 0 Å². The molecule has 1 aromatic carbocycles. The molecule has 1 unspecified atom stereocenters. The van der Waals surface area contributed by atoms with Crippen molar-refractivity contribution in [2.75, 3.05) is 6.61 Å².